The maximum absolute atomic E-state index is 14.7. The number of unbranched alkanes of at least 4 members (excludes halogenated alkanes) is 3. The number of Topliss-reactive ketones (excluding diaryl/α,β-unsaturated/α-hetero) is 3. The molecule has 3 aromatic carbocycles. The Balaban J connectivity index is 2.21. The Kier molecular flexibility index (Phi) is 12.8. The van der Waals surface area contributed by atoms with Gasteiger partial charge in [-0.1, -0.05) is 83.4 Å². The number of para-hydroxylation sites is 3. The van der Waals surface area contributed by atoms with E-state index in [0.717, 1.165) is 38.5 Å². The minimum Gasteiger partial charge on any atom is -0.493 e. The predicted octanol–water partition coefficient (Wildman–Crippen LogP) is 8.57. The van der Waals surface area contributed by atoms with Crippen molar-refractivity contribution in [3.63, 3.8) is 0 Å². The van der Waals surface area contributed by atoms with Gasteiger partial charge in [0.15, 0.2) is 22.8 Å². The lowest BCUT2D eigenvalue weighted by Crippen LogP contribution is -2.46. The van der Waals surface area contributed by atoms with Crippen LogP contribution in [0.15, 0.2) is 72.8 Å². The van der Waals surface area contributed by atoms with E-state index in [1.807, 2.05) is 0 Å². The summed E-state index contributed by atoms with van der Waals surface area (Å²) >= 11 is 0. The smallest absolute Gasteiger partial charge is 0.188 e. The van der Waals surface area contributed by atoms with Crippen LogP contribution in [0, 0.1) is 5.41 Å². The van der Waals surface area contributed by atoms with E-state index in [1.165, 1.54) is 0 Å². The Bertz CT molecular complexity index is 1170. The van der Waals surface area contributed by atoms with E-state index in [0.29, 0.717) is 37.1 Å². The summed E-state index contributed by atoms with van der Waals surface area (Å²) in [5.74, 6) is -0.727. The molecule has 0 fully saturated rings. The Morgan fingerprint density at radius 3 is 1.05 bits per heavy atom. The molecule has 0 bridgehead atoms. The van der Waals surface area contributed by atoms with Crippen molar-refractivity contribution in [2.45, 2.75) is 72.6 Å². The molecule has 0 heterocycles. The maximum atomic E-state index is 14.7. The summed E-state index contributed by atoms with van der Waals surface area (Å²) in [6, 6.07) is 20.5. The van der Waals surface area contributed by atoms with Crippen LogP contribution in [0.1, 0.15) is 104 Å². The van der Waals surface area contributed by atoms with Crippen molar-refractivity contribution in [1.29, 1.82) is 0 Å². The summed E-state index contributed by atoms with van der Waals surface area (Å²) in [5, 5.41) is 0. The second-order valence-electron chi connectivity index (χ2n) is 10.3. The first-order valence-corrected chi connectivity index (χ1v) is 15.3. The summed E-state index contributed by atoms with van der Waals surface area (Å²) in [7, 11) is 0. The first kappa shape index (κ1) is 32.6. The SMILES string of the molecule is CCCCOc1ccccc1C(=O)C(CC)(C(=O)c1ccccc1OCCCC)C(=O)c1ccccc1OCCCC. The van der Waals surface area contributed by atoms with E-state index in [-0.39, 0.29) is 23.1 Å². The van der Waals surface area contributed by atoms with Gasteiger partial charge in [0, 0.05) is 0 Å². The van der Waals surface area contributed by atoms with Gasteiger partial charge < -0.3 is 14.2 Å². The van der Waals surface area contributed by atoms with Gasteiger partial charge in [0.1, 0.15) is 17.2 Å². The molecule has 0 amide bonds. The van der Waals surface area contributed by atoms with Crippen LogP contribution in [0.2, 0.25) is 0 Å². The van der Waals surface area contributed by atoms with E-state index in [4.69, 9.17) is 14.2 Å². The highest BCUT2D eigenvalue weighted by Gasteiger charge is 2.53. The average molecular weight is 573 g/mol. The maximum Gasteiger partial charge on any atom is 0.188 e. The van der Waals surface area contributed by atoms with Gasteiger partial charge in [-0.3, -0.25) is 14.4 Å². The molecule has 0 radical (unpaired) electrons. The first-order chi connectivity index (χ1) is 20.5. The van der Waals surface area contributed by atoms with Crippen molar-refractivity contribution in [1.82, 2.24) is 0 Å². The third-order valence-corrected chi connectivity index (χ3v) is 7.35. The molecule has 0 aliphatic carbocycles. The number of ether oxygens (including phenoxy) is 3. The van der Waals surface area contributed by atoms with Crippen molar-refractivity contribution < 1.29 is 28.6 Å². The largest absolute Gasteiger partial charge is 0.493 e. The summed E-state index contributed by atoms with van der Waals surface area (Å²) < 4.78 is 18.0. The van der Waals surface area contributed by atoms with Crippen molar-refractivity contribution >= 4 is 17.3 Å². The van der Waals surface area contributed by atoms with E-state index in [1.54, 1.807) is 79.7 Å². The van der Waals surface area contributed by atoms with Gasteiger partial charge in [0.05, 0.1) is 36.5 Å². The molecule has 6 heteroatoms. The topological polar surface area (TPSA) is 78.9 Å². The van der Waals surface area contributed by atoms with Gasteiger partial charge in [-0.2, -0.15) is 0 Å². The Morgan fingerprint density at radius 1 is 0.500 bits per heavy atom. The molecule has 0 saturated heterocycles. The summed E-state index contributed by atoms with van der Waals surface area (Å²) in [6.45, 7) is 9.13. The molecule has 0 atom stereocenters. The number of carbonyl (C=O) groups excluding carboxylic acids is 3. The van der Waals surface area contributed by atoms with E-state index < -0.39 is 22.8 Å². The third-order valence-electron chi connectivity index (χ3n) is 7.35. The number of benzene rings is 3. The number of carbonyl (C=O) groups is 3. The van der Waals surface area contributed by atoms with Crippen molar-refractivity contribution in [3.8, 4) is 17.2 Å². The van der Waals surface area contributed by atoms with Gasteiger partial charge in [-0.15, -0.1) is 0 Å². The highest BCUT2D eigenvalue weighted by Crippen LogP contribution is 2.41. The van der Waals surface area contributed by atoms with Crippen molar-refractivity contribution in [2.24, 2.45) is 5.41 Å². The molecule has 0 spiro atoms. The fraction of sp³-hybridized carbons (Fsp3) is 0.417. The Morgan fingerprint density at radius 2 is 0.786 bits per heavy atom. The molecule has 42 heavy (non-hydrogen) atoms. The first-order valence-electron chi connectivity index (χ1n) is 15.3. The number of rotatable bonds is 19. The lowest BCUT2D eigenvalue weighted by molar-refractivity contribution is 0.0578. The molecule has 0 aliphatic heterocycles. The van der Waals surface area contributed by atoms with Crippen LogP contribution in [-0.4, -0.2) is 37.2 Å². The summed E-state index contributed by atoms with van der Waals surface area (Å²) in [6.07, 6.45) is 5.15. The van der Waals surface area contributed by atoms with Crippen LogP contribution in [0.3, 0.4) is 0 Å². The van der Waals surface area contributed by atoms with Crippen LogP contribution in [0.4, 0.5) is 0 Å². The lowest BCUT2D eigenvalue weighted by atomic mass is 9.67. The summed E-state index contributed by atoms with van der Waals surface area (Å²) in [5.41, 5.74) is -1.47. The number of hydrogen-bond donors (Lipinski definition) is 0. The Hall–Kier alpha value is -3.93. The van der Waals surface area contributed by atoms with Gasteiger partial charge in [-0.05, 0) is 62.1 Å². The van der Waals surface area contributed by atoms with Gasteiger partial charge in [0.25, 0.3) is 0 Å². The molecule has 3 aromatic rings. The zero-order valence-electron chi connectivity index (χ0n) is 25.4. The van der Waals surface area contributed by atoms with Crippen LogP contribution >= 0.6 is 0 Å². The second-order valence-corrected chi connectivity index (χ2v) is 10.3. The molecular formula is C36H44O6. The fourth-order valence-corrected chi connectivity index (χ4v) is 4.80. The summed E-state index contributed by atoms with van der Waals surface area (Å²) in [4.78, 5) is 44.2. The van der Waals surface area contributed by atoms with E-state index >= 15 is 0 Å². The molecule has 0 aliphatic rings. The van der Waals surface area contributed by atoms with Crippen LogP contribution < -0.4 is 14.2 Å². The molecule has 6 nitrogen and oxygen atoms in total. The molecule has 3 rings (SSSR count). The molecule has 0 unspecified atom stereocenters. The molecule has 0 N–H and O–H groups in total. The monoisotopic (exact) mass is 572 g/mol. The quantitative estimate of drug-likeness (QED) is 0.0813. The van der Waals surface area contributed by atoms with Crippen LogP contribution in [0.25, 0.3) is 0 Å². The normalized spacial score (nSPS) is 11.1. The zero-order chi connectivity index (χ0) is 30.4. The van der Waals surface area contributed by atoms with Crippen LogP contribution in [0.5, 0.6) is 17.2 Å². The number of hydrogen-bond acceptors (Lipinski definition) is 6. The van der Waals surface area contributed by atoms with E-state index in [2.05, 4.69) is 20.8 Å². The van der Waals surface area contributed by atoms with E-state index in [9.17, 15) is 14.4 Å². The predicted molar refractivity (Wildman–Crippen MR) is 166 cm³/mol. The molecule has 0 aromatic heterocycles. The molecule has 224 valence electrons. The zero-order valence-corrected chi connectivity index (χ0v) is 25.4. The fourth-order valence-electron chi connectivity index (χ4n) is 4.80. The van der Waals surface area contributed by atoms with Gasteiger partial charge in [-0.25, -0.2) is 0 Å². The highest BCUT2D eigenvalue weighted by atomic mass is 16.5. The second kappa shape index (κ2) is 16.5. The van der Waals surface area contributed by atoms with Crippen molar-refractivity contribution in [2.75, 3.05) is 19.8 Å². The minimum atomic E-state index is -2.07. The molecular weight excluding hydrogens is 528 g/mol. The minimum absolute atomic E-state index is 0.0562. The lowest BCUT2D eigenvalue weighted by Gasteiger charge is -2.30. The average Bonchev–Trinajstić information content (AvgIpc) is 3.02. The van der Waals surface area contributed by atoms with Crippen molar-refractivity contribution in [3.05, 3.63) is 89.5 Å². The molecule has 0 saturated carbocycles. The number of ketones is 3. The van der Waals surface area contributed by atoms with Crippen LogP contribution in [-0.2, 0) is 0 Å². The third kappa shape index (κ3) is 7.47. The Labute approximate surface area is 250 Å². The van der Waals surface area contributed by atoms with Gasteiger partial charge in [0.2, 0.25) is 0 Å². The van der Waals surface area contributed by atoms with Gasteiger partial charge >= 0.3 is 0 Å². The highest BCUT2D eigenvalue weighted by molar-refractivity contribution is 6.36. The standard InChI is InChI=1S/C36H44O6/c1-5-9-24-40-30-21-15-12-18-27(30)33(37)36(8-4,34(38)28-19-13-16-22-31(28)41-25-10-6-2)35(39)29-20-14-17-23-32(29)42-26-11-7-3/h12-23H,5-11,24-26H2,1-4H3.